The molecule has 65 heavy (non-hydrogen) atoms. The smallest absolute Gasteiger partial charge is 0.610 e. The summed E-state index contributed by atoms with van der Waals surface area (Å²) in [5.74, 6) is -1.70. The van der Waals surface area contributed by atoms with Gasteiger partial charge in [-0.25, -0.2) is 0 Å². The van der Waals surface area contributed by atoms with Crippen molar-refractivity contribution in [1.29, 1.82) is 0 Å². The lowest BCUT2D eigenvalue weighted by Crippen LogP contribution is -2.74. The normalized spacial score (nSPS) is 15.2. The summed E-state index contributed by atoms with van der Waals surface area (Å²) in [5.41, 5.74) is 1.00. The van der Waals surface area contributed by atoms with Gasteiger partial charge in [0, 0.05) is 0 Å². The van der Waals surface area contributed by atoms with Gasteiger partial charge in [0.2, 0.25) is 0 Å². The molecular weight excluding hydrogens is 834 g/mol. The third-order valence-corrected chi connectivity index (χ3v) is 10.4. The molecule has 4 aliphatic rings. The van der Waals surface area contributed by atoms with Crippen LogP contribution in [0.25, 0.3) is 43.1 Å². The maximum atomic E-state index is 12.7. The van der Waals surface area contributed by atoms with Crippen LogP contribution in [-0.4, -0.2) is 71.5 Å². The summed E-state index contributed by atoms with van der Waals surface area (Å²) >= 11 is 0. The second-order valence-electron chi connectivity index (χ2n) is 15.2. The molecule has 0 atom stereocenters. The van der Waals surface area contributed by atoms with E-state index in [0.717, 1.165) is 43.1 Å². The second kappa shape index (κ2) is 17.6. The van der Waals surface area contributed by atoms with Gasteiger partial charge < -0.3 is 53.3 Å². The highest BCUT2D eigenvalue weighted by molar-refractivity contribution is 6.62. The standard InChI is InChI=1S/2C22H12BO6.2C2H7N.H2O/c2*24-21-17-9-13-5-1-3-7-15(13)11-19(17)26-23(28-21)27-20-12-16-8-4-2-6-14(16)10-18(20)22(25)29-23;2*1-3-2;/h2*1-12H;2*3H,1-2H3;1H2/q2*-1;;;/p+2. The molecule has 12 rings (SSSR count). The van der Waals surface area contributed by atoms with Gasteiger partial charge in [-0.15, -0.1) is 0 Å². The first-order valence-electron chi connectivity index (χ1n) is 20.6. The molecular formula is C48H42B2N2O13. The third-order valence-electron chi connectivity index (χ3n) is 10.4. The molecule has 0 saturated carbocycles. The van der Waals surface area contributed by atoms with E-state index in [4.69, 9.17) is 37.2 Å². The van der Waals surface area contributed by atoms with E-state index < -0.39 is 37.8 Å². The van der Waals surface area contributed by atoms with Crippen LogP contribution in [0.3, 0.4) is 0 Å². The minimum atomic E-state index is -3.09. The topological polar surface area (TPSA) is 207 Å². The molecule has 0 aromatic heterocycles. The van der Waals surface area contributed by atoms with E-state index in [0.29, 0.717) is 0 Å². The lowest BCUT2D eigenvalue weighted by atomic mass is 9.94. The summed E-state index contributed by atoms with van der Waals surface area (Å²) in [4.78, 5) is 50.7. The number of carbonyl (C=O) groups is 4. The van der Waals surface area contributed by atoms with Crippen molar-refractivity contribution in [1.82, 2.24) is 0 Å². The van der Waals surface area contributed by atoms with Crippen LogP contribution in [0.5, 0.6) is 23.0 Å². The Morgan fingerprint density at radius 2 is 0.477 bits per heavy atom. The maximum absolute atomic E-state index is 12.7. The highest BCUT2D eigenvalue weighted by atomic mass is 16.9. The number of nitrogens with two attached hydrogens (primary N) is 2. The molecule has 0 aliphatic carbocycles. The van der Waals surface area contributed by atoms with Crippen LogP contribution in [0.1, 0.15) is 41.4 Å². The number of rotatable bonds is 0. The van der Waals surface area contributed by atoms with Gasteiger partial charge in [0.05, 0.1) is 73.4 Å². The van der Waals surface area contributed by atoms with Crippen molar-refractivity contribution in [3.8, 4) is 23.0 Å². The van der Waals surface area contributed by atoms with Crippen LogP contribution in [0.4, 0.5) is 0 Å². The Bertz CT molecular complexity index is 2780. The molecule has 0 fully saturated rings. The Morgan fingerprint density at radius 1 is 0.308 bits per heavy atom. The van der Waals surface area contributed by atoms with E-state index in [2.05, 4.69) is 0 Å². The first-order valence-corrected chi connectivity index (χ1v) is 20.6. The monoisotopic (exact) mass is 876 g/mol. The molecule has 15 nitrogen and oxygen atoms in total. The average Bonchev–Trinajstić information content (AvgIpc) is 3.27. The van der Waals surface area contributed by atoms with E-state index in [1.54, 1.807) is 48.5 Å². The molecule has 8 aromatic rings. The van der Waals surface area contributed by atoms with Crippen molar-refractivity contribution in [3.63, 3.8) is 0 Å². The quantitative estimate of drug-likeness (QED) is 0.188. The Balaban J connectivity index is 0.000000156. The number of benzene rings is 8. The van der Waals surface area contributed by atoms with Gasteiger partial charge >= 0.3 is 37.8 Å². The summed E-state index contributed by atoms with van der Waals surface area (Å²) in [6.45, 7) is -6.19. The minimum Gasteiger partial charge on any atom is -0.610 e. The van der Waals surface area contributed by atoms with E-state index in [1.165, 1.54) is 0 Å². The number of carbonyl (C=O) groups excluding carboxylic acids is 4. The van der Waals surface area contributed by atoms with Crippen molar-refractivity contribution < 1.29 is 72.5 Å². The molecule has 17 heteroatoms. The third kappa shape index (κ3) is 8.29. The molecule has 2 spiro atoms. The van der Waals surface area contributed by atoms with Gasteiger partial charge in [-0.2, -0.15) is 0 Å². The number of hydrogen-bond donors (Lipinski definition) is 2. The van der Waals surface area contributed by atoms with Gasteiger partial charge in [-0.1, -0.05) is 97.1 Å². The molecule has 6 N–H and O–H groups in total. The molecule has 8 aromatic carbocycles. The summed E-state index contributed by atoms with van der Waals surface area (Å²) < 4.78 is 44.8. The first kappa shape index (κ1) is 43.5. The fourth-order valence-electron chi connectivity index (χ4n) is 7.59. The molecule has 0 radical (unpaired) electrons. The predicted octanol–water partition coefficient (Wildman–Crippen LogP) is 5.25. The van der Waals surface area contributed by atoms with Crippen molar-refractivity contribution in [2.45, 2.75) is 0 Å². The van der Waals surface area contributed by atoms with Crippen LogP contribution >= 0.6 is 0 Å². The summed E-state index contributed by atoms with van der Waals surface area (Å²) in [7, 11) is 8.00. The molecule has 0 saturated heterocycles. The molecule has 0 unspecified atom stereocenters. The van der Waals surface area contributed by atoms with Crippen LogP contribution in [0, 0.1) is 0 Å². The van der Waals surface area contributed by atoms with Crippen molar-refractivity contribution >= 4 is 80.9 Å². The fourth-order valence-corrected chi connectivity index (χ4v) is 7.59. The Morgan fingerprint density at radius 3 is 0.662 bits per heavy atom. The second-order valence-corrected chi connectivity index (χ2v) is 15.2. The van der Waals surface area contributed by atoms with Crippen molar-refractivity contribution in [3.05, 3.63) is 168 Å². The zero-order valence-electron chi connectivity index (χ0n) is 35.6. The van der Waals surface area contributed by atoms with E-state index in [-0.39, 0.29) is 50.7 Å². The zero-order valence-corrected chi connectivity index (χ0v) is 35.6. The van der Waals surface area contributed by atoms with Gasteiger partial charge in [0.1, 0.15) is 0 Å². The highest BCUT2D eigenvalue weighted by Crippen LogP contribution is 2.41. The summed E-state index contributed by atoms with van der Waals surface area (Å²) in [6, 6.07) is 43.7. The minimum absolute atomic E-state index is 0. The van der Waals surface area contributed by atoms with Gasteiger partial charge in [0.15, 0.2) is 0 Å². The highest BCUT2D eigenvalue weighted by Gasteiger charge is 2.53. The van der Waals surface area contributed by atoms with Crippen LogP contribution in [0.15, 0.2) is 146 Å². The molecule has 4 aliphatic heterocycles. The first-order chi connectivity index (χ1) is 31.0. The summed E-state index contributed by atoms with van der Waals surface area (Å²) in [5, 5.41) is 11.0. The van der Waals surface area contributed by atoms with Gasteiger partial charge in [-0.3, -0.25) is 19.2 Å². The number of fused-ring (bicyclic) bond motifs is 8. The fraction of sp³-hybridized carbons (Fsp3) is 0.0833. The lowest BCUT2D eigenvalue weighted by molar-refractivity contribution is -0.597. The predicted molar refractivity (Wildman–Crippen MR) is 243 cm³/mol. The maximum Gasteiger partial charge on any atom is 0.781 e. The van der Waals surface area contributed by atoms with E-state index in [1.807, 2.05) is 136 Å². The largest absolute Gasteiger partial charge is 0.781 e. The number of quaternary nitrogens is 2. The Kier molecular flexibility index (Phi) is 11.8. The Labute approximate surface area is 371 Å². The van der Waals surface area contributed by atoms with Crippen LogP contribution in [-0.2, 0) is 18.6 Å². The molecule has 4 heterocycles. The van der Waals surface area contributed by atoms with Crippen LogP contribution < -0.4 is 29.3 Å². The van der Waals surface area contributed by atoms with Crippen LogP contribution in [0.2, 0.25) is 0 Å². The van der Waals surface area contributed by atoms with Crippen molar-refractivity contribution in [2.75, 3.05) is 28.2 Å². The number of hydrogen-bond acceptors (Lipinski definition) is 12. The van der Waals surface area contributed by atoms with Gasteiger partial charge in [-0.05, 0) is 91.6 Å². The van der Waals surface area contributed by atoms with E-state index >= 15 is 0 Å². The van der Waals surface area contributed by atoms with E-state index in [9.17, 15) is 19.2 Å². The summed E-state index contributed by atoms with van der Waals surface area (Å²) in [6.07, 6.45) is 0. The molecule has 0 amide bonds. The van der Waals surface area contributed by atoms with Crippen molar-refractivity contribution in [2.24, 2.45) is 0 Å². The Hall–Kier alpha value is -8.11. The zero-order chi connectivity index (χ0) is 44.6. The van der Waals surface area contributed by atoms with Gasteiger partial charge in [0.25, 0.3) is 0 Å². The lowest BCUT2D eigenvalue weighted by Gasteiger charge is -2.45. The molecule has 328 valence electrons. The molecule has 0 bridgehead atoms. The average molecular weight is 876 g/mol. The SMILES string of the molecule is C[NH2+]C.C[NH2+]C.O.O=C1O[B-]2(OC(=O)c3cc4ccccc4cc3O2)Oc2cc3ccccc3cc21.O=C1O[B-]2(OC(=O)c3cc4ccccc4cc3O2)Oc2cc3ccccc3cc21.